The number of hydrogen-bond acceptors (Lipinski definition) is 2. The molecule has 0 radical (unpaired) electrons. The van der Waals surface area contributed by atoms with Crippen molar-refractivity contribution < 1.29 is 0 Å². The number of aromatic nitrogens is 1. The minimum absolute atomic E-state index is 0.644. The van der Waals surface area contributed by atoms with E-state index in [1.807, 2.05) is 6.92 Å². The number of nitrogens with two attached hydrogens (primary N) is 1. The van der Waals surface area contributed by atoms with Crippen molar-refractivity contribution in [1.29, 1.82) is 0 Å². The lowest BCUT2D eigenvalue weighted by Crippen LogP contribution is -1.97. The van der Waals surface area contributed by atoms with Crippen LogP contribution >= 0.6 is 0 Å². The van der Waals surface area contributed by atoms with Gasteiger partial charge in [-0.25, -0.2) is 4.98 Å². The van der Waals surface area contributed by atoms with Gasteiger partial charge in [0.15, 0.2) is 0 Å². The molecule has 2 N–H and O–H groups in total. The Hall–Kier alpha value is -1.57. The highest BCUT2D eigenvalue weighted by Crippen LogP contribution is 2.21. The van der Waals surface area contributed by atoms with Gasteiger partial charge in [0.25, 0.3) is 0 Å². The Kier molecular flexibility index (Phi) is 2.58. The summed E-state index contributed by atoms with van der Waals surface area (Å²) in [6, 6.07) is 8.42. The number of aryl methyl sites for hydroxylation is 2. The Morgan fingerprint density at radius 2 is 2.13 bits per heavy atom. The predicted octanol–water partition coefficient (Wildman–Crippen LogP) is 3.08. The molecule has 0 aliphatic carbocycles. The molecule has 1 aromatic carbocycles. The Balaban J connectivity index is 2.68. The molecule has 2 nitrogen and oxygen atoms in total. The van der Waals surface area contributed by atoms with Gasteiger partial charge >= 0.3 is 0 Å². The minimum atomic E-state index is 0.644. The number of nitrogens with zero attached hydrogens (tertiary/aromatic N) is 1. The van der Waals surface area contributed by atoms with Gasteiger partial charge in [0, 0.05) is 5.39 Å². The highest BCUT2D eigenvalue weighted by atomic mass is 14.8. The highest BCUT2D eigenvalue weighted by molar-refractivity contribution is 5.84. The summed E-state index contributed by atoms with van der Waals surface area (Å²) >= 11 is 0. The third-order valence-electron chi connectivity index (χ3n) is 2.68. The maximum atomic E-state index is 5.84. The Bertz CT molecular complexity index is 489. The first-order chi connectivity index (χ1) is 7.22. The number of benzene rings is 1. The molecule has 2 heteroatoms. The molecule has 1 heterocycles. The van der Waals surface area contributed by atoms with Crippen LogP contribution in [0.3, 0.4) is 0 Å². The van der Waals surface area contributed by atoms with E-state index in [4.69, 9.17) is 5.73 Å². The van der Waals surface area contributed by atoms with Crippen molar-refractivity contribution in [3.63, 3.8) is 0 Å². The van der Waals surface area contributed by atoms with Gasteiger partial charge < -0.3 is 5.73 Å². The van der Waals surface area contributed by atoms with Crippen LogP contribution in [0, 0.1) is 6.92 Å². The molecule has 2 rings (SSSR count). The van der Waals surface area contributed by atoms with Crippen LogP contribution in [-0.2, 0) is 6.42 Å². The molecule has 0 amide bonds. The van der Waals surface area contributed by atoms with Crippen molar-refractivity contribution in [3.05, 3.63) is 35.4 Å². The summed E-state index contributed by atoms with van der Waals surface area (Å²) < 4.78 is 0. The SMILES string of the molecule is CCCc1cccc2cc(C)c(N)nc12. The molecule has 78 valence electrons. The van der Waals surface area contributed by atoms with Crippen molar-refractivity contribution in [2.24, 2.45) is 0 Å². The van der Waals surface area contributed by atoms with Crippen molar-refractivity contribution in [3.8, 4) is 0 Å². The molecule has 0 fully saturated rings. The molecule has 15 heavy (non-hydrogen) atoms. The summed E-state index contributed by atoms with van der Waals surface area (Å²) in [6.07, 6.45) is 2.20. The summed E-state index contributed by atoms with van der Waals surface area (Å²) in [5, 5.41) is 1.19. The molecule has 0 aliphatic rings. The average Bonchev–Trinajstić information content (AvgIpc) is 2.21. The molecule has 0 bridgehead atoms. The maximum Gasteiger partial charge on any atom is 0.127 e. The fourth-order valence-electron chi connectivity index (χ4n) is 1.85. The second kappa shape index (κ2) is 3.89. The van der Waals surface area contributed by atoms with Crippen molar-refractivity contribution >= 4 is 16.7 Å². The highest BCUT2D eigenvalue weighted by Gasteiger charge is 2.04. The fourth-order valence-corrected chi connectivity index (χ4v) is 1.85. The van der Waals surface area contributed by atoms with E-state index in [2.05, 4.69) is 36.2 Å². The van der Waals surface area contributed by atoms with E-state index in [0.717, 1.165) is 23.9 Å². The van der Waals surface area contributed by atoms with E-state index in [1.54, 1.807) is 0 Å². The van der Waals surface area contributed by atoms with E-state index >= 15 is 0 Å². The summed E-state index contributed by atoms with van der Waals surface area (Å²) in [4.78, 5) is 4.47. The predicted molar refractivity (Wildman–Crippen MR) is 64.9 cm³/mol. The lowest BCUT2D eigenvalue weighted by atomic mass is 10.0. The first-order valence-electron chi connectivity index (χ1n) is 5.37. The van der Waals surface area contributed by atoms with E-state index in [-0.39, 0.29) is 0 Å². The number of hydrogen-bond donors (Lipinski definition) is 1. The molecular weight excluding hydrogens is 184 g/mol. The molecule has 0 aliphatic heterocycles. The van der Waals surface area contributed by atoms with Gasteiger partial charge in [-0.2, -0.15) is 0 Å². The zero-order valence-corrected chi connectivity index (χ0v) is 9.25. The van der Waals surface area contributed by atoms with Crippen LogP contribution in [0.5, 0.6) is 0 Å². The monoisotopic (exact) mass is 200 g/mol. The number of para-hydroxylation sites is 1. The molecule has 0 saturated carbocycles. The van der Waals surface area contributed by atoms with E-state index in [1.165, 1.54) is 10.9 Å². The van der Waals surface area contributed by atoms with Crippen LogP contribution in [0.25, 0.3) is 10.9 Å². The van der Waals surface area contributed by atoms with Gasteiger partial charge in [-0.15, -0.1) is 0 Å². The van der Waals surface area contributed by atoms with Gasteiger partial charge in [0.05, 0.1) is 5.52 Å². The molecule has 0 atom stereocenters. The summed E-state index contributed by atoms with van der Waals surface area (Å²) in [7, 11) is 0. The number of nitrogen functional groups attached to an aromatic ring is 1. The second-order valence-corrected chi connectivity index (χ2v) is 3.93. The van der Waals surface area contributed by atoms with Crippen molar-refractivity contribution in [2.45, 2.75) is 26.7 Å². The van der Waals surface area contributed by atoms with E-state index in [0.29, 0.717) is 5.82 Å². The molecular formula is C13H16N2. The third kappa shape index (κ3) is 1.80. The van der Waals surface area contributed by atoms with Crippen molar-refractivity contribution in [2.75, 3.05) is 5.73 Å². The summed E-state index contributed by atoms with van der Waals surface area (Å²) in [6.45, 7) is 4.17. The zero-order chi connectivity index (χ0) is 10.8. The average molecular weight is 200 g/mol. The normalized spacial score (nSPS) is 10.8. The van der Waals surface area contributed by atoms with Crippen LogP contribution < -0.4 is 5.73 Å². The van der Waals surface area contributed by atoms with Gasteiger partial charge in [-0.3, -0.25) is 0 Å². The summed E-state index contributed by atoms with van der Waals surface area (Å²) in [5.41, 5.74) is 9.24. The van der Waals surface area contributed by atoms with Gasteiger partial charge in [-0.05, 0) is 30.5 Å². The van der Waals surface area contributed by atoms with Crippen molar-refractivity contribution in [1.82, 2.24) is 4.98 Å². The number of pyridine rings is 1. The maximum absolute atomic E-state index is 5.84. The quantitative estimate of drug-likeness (QED) is 0.809. The second-order valence-electron chi connectivity index (χ2n) is 3.93. The molecule has 0 unspecified atom stereocenters. The largest absolute Gasteiger partial charge is 0.383 e. The van der Waals surface area contributed by atoms with Crippen LogP contribution in [0.15, 0.2) is 24.3 Å². The third-order valence-corrected chi connectivity index (χ3v) is 2.68. The fraction of sp³-hybridized carbons (Fsp3) is 0.308. The number of fused-ring (bicyclic) bond motifs is 1. The van der Waals surface area contributed by atoms with Crippen LogP contribution in [0.2, 0.25) is 0 Å². The molecule has 2 aromatic rings. The minimum Gasteiger partial charge on any atom is -0.383 e. The Morgan fingerprint density at radius 1 is 1.33 bits per heavy atom. The number of anilines is 1. The number of rotatable bonds is 2. The van der Waals surface area contributed by atoms with Gasteiger partial charge in [0.1, 0.15) is 5.82 Å². The summed E-state index contributed by atoms with van der Waals surface area (Å²) in [5.74, 6) is 0.644. The lowest BCUT2D eigenvalue weighted by molar-refractivity contribution is 0.926. The zero-order valence-electron chi connectivity index (χ0n) is 9.25. The Morgan fingerprint density at radius 3 is 2.87 bits per heavy atom. The lowest BCUT2D eigenvalue weighted by Gasteiger charge is -2.07. The van der Waals surface area contributed by atoms with Gasteiger partial charge in [-0.1, -0.05) is 31.5 Å². The molecule has 1 aromatic heterocycles. The van der Waals surface area contributed by atoms with Crippen LogP contribution in [0.4, 0.5) is 5.82 Å². The Labute approximate surface area is 90.1 Å². The molecule has 0 saturated heterocycles. The molecule has 0 spiro atoms. The first kappa shape index (κ1) is 9.97. The van der Waals surface area contributed by atoms with Gasteiger partial charge in [0.2, 0.25) is 0 Å². The standard InChI is InChI=1S/C13H16N2/c1-3-5-10-6-4-7-11-8-9(2)13(14)15-12(10)11/h4,6-8H,3,5H2,1-2H3,(H2,14,15). The van der Waals surface area contributed by atoms with E-state index in [9.17, 15) is 0 Å². The van der Waals surface area contributed by atoms with E-state index < -0.39 is 0 Å². The smallest absolute Gasteiger partial charge is 0.127 e. The topological polar surface area (TPSA) is 38.9 Å². The van der Waals surface area contributed by atoms with Crippen LogP contribution in [0.1, 0.15) is 24.5 Å². The first-order valence-corrected chi connectivity index (χ1v) is 5.37. The van der Waals surface area contributed by atoms with Crippen LogP contribution in [-0.4, -0.2) is 4.98 Å².